The highest BCUT2D eigenvalue weighted by Gasteiger charge is 2.15. The minimum absolute atomic E-state index is 0.697. The zero-order chi connectivity index (χ0) is 8.39. The molecule has 0 aromatic carbocycles. The smallest absolute Gasteiger partial charge is 0.0114 e. The Hall–Kier alpha value is -0.560. The van der Waals surface area contributed by atoms with E-state index in [1.54, 1.807) is 5.57 Å². The van der Waals surface area contributed by atoms with Gasteiger partial charge in [-0.05, 0) is 30.7 Å². The van der Waals surface area contributed by atoms with Gasteiger partial charge >= 0.3 is 0 Å². The van der Waals surface area contributed by atoms with Crippen LogP contribution in [0.4, 0.5) is 0 Å². The molecule has 0 radical (unpaired) electrons. The molecule has 1 aromatic heterocycles. The molecular formula is C11H14S. The Labute approximate surface area is 77.9 Å². The Kier molecular flexibility index (Phi) is 2.31. The third kappa shape index (κ3) is 1.78. The Bertz CT molecular complexity index is 263. The summed E-state index contributed by atoms with van der Waals surface area (Å²) in [6.45, 7) is 2.27. The Morgan fingerprint density at radius 1 is 1.58 bits per heavy atom. The molecule has 0 nitrogen and oxygen atoms in total. The van der Waals surface area contributed by atoms with E-state index >= 15 is 0 Å². The van der Waals surface area contributed by atoms with Crippen molar-refractivity contribution in [3.05, 3.63) is 34.0 Å². The van der Waals surface area contributed by atoms with Gasteiger partial charge in [0.15, 0.2) is 0 Å². The second-order valence-electron chi connectivity index (χ2n) is 3.36. The van der Waals surface area contributed by atoms with E-state index in [1.165, 1.54) is 24.1 Å². The molecule has 0 amide bonds. The molecule has 1 fully saturated rings. The number of rotatable bonds is 3. The first-order valence-electron chi connectivity index (χ1n) is 4.63. The normalized spacial score (nSPS) is 17.6. The van der Waals surface area contributed by atoms with Gasteiger partial charge in [0.25, 0.3) is 0 Å². The zero-order valence-electron chi connectivity index (χ0n) is 7.42. The van der Waals surface area contributed by atoms with Crippen molar-refractivity contribution in [3.63, 3.8) is 0 Å². The van der Waals surface area contributed by atoms with E-state index in [0.717, 1.165) is 0 Å². The number of thiophene rings is 1. The van der Waals surface area contributed by atoms with E-state index in [1.807, 2.05) is 11.3 Å². The molecule has 1 aromatic rings. The summed E-state index contributed by atoms with van der Waals surface area (Å²) in [5.41, 5.74) is 1.66. The first-order chi connectivity index (χ1) is 5.90. The first-order valence-corrected chi connectivity index (χ1v) is 5.51. The van der Waals surface area contributed by atoms with Gasteiger partial charge in [0.1, 0.15) is 0 Å². The number of hydrogen-bond donors (Lipinski definition) is 0. The summed E-state index contributed by atoms with van der Waals surface area (Å²) in [5, 5.41) is 2.17. The molecule has 0 bridgehead atoms. The van der Waals surface area contributed by atoms with Crippen LogP contribution in [0.3, 0.4) is 0 Å². The maximum Gasteiger partial charge on any atom is 0.0114 e. The predicted octanol–water partition coefficient (Wildman–Crippen LogP) is 3.96. The molecule has 0 saturated heterocycles. The van der Waals surface area contributed by atoms with E-state index in [-0.39, 0.29) is 0 Å². The second kappa shape index (κ2) is 3.44. The van der Waals surface area contributed by atoms with Gasteiger partial charge < -0.3 is 0 Å². The predicted molar refractivity (Wildman–Crippen MR) is 54.7 cm³/mol. The quantitative estimate of drug-likeness (QED) is 0.614. The monoisotopic (exact) mass is 178 g/mol. The topological polar surface area (TPSA) is 0 Å². The molecule has 0 spiro atoms. The first kappa shape index (κ1) is 8.06. The highest BCUT2D eigenvalue weighted by Crippen LogP contribution is 2.34. The van der Waals surface area contributed by atoms with E-state index in [0.29, 0.717) is 5.92 Å². The van der Waals surface area contributed by atoms with Gasteiger partial charge in [0.05, 0.1) is 0 Å². The average Bonchev–Trinajstić information content (AvgIpc) is 2.74. The van der Waals surface area contributed by atoms with Crippen LogP contribution in [-0.2, 0) is 0 Å². The van der Waals surface area contributed by atoms with Gasteiger partial charge in [-0.3, -0.25) is 0 Å². The highest BCUT2D eigenvalue weighted by atomic mass is 32.1. The molecule has 1 atom stereocenters. The van der Waals surface area contributed by atoms with Crippen molar-refractivity contribution in [1.82, 2.24) is 0 Å². The van der Waals surface area contributed by atoms with E-state index < -0.39 is 0 Å². The molecule has 12 heavy (non-hydrogen) atoms. The lowest BCUT2D eigenvalue weighted by atomic mass is 10.0. The van der Waals surface area contributed by atoms with Gasteiger partial charge in [-0.25, -0.2) is 0 Å². The fraction of sp³-hybridized carbons (Fsp3) is 0.455. The summed E-state index contributed by atoms with van der Waals surface area (Å²) in [5.74, 6) is 0.697. The van der Waals surface area contributed by atoms with Crippen LogP contribution in [-0.4, -0.2) is 0 Å². The van der Waals surface area contributed by atoms with Crippen molar-refractivity contribution in [2.24, 2.45) is 0 Å². The van der Waals surface area contributed by atoms with Crippen LogP contribution < -0.4 is 0 Å². The van der Waals surface area contributed by atoms with Crippen molar-refractivity contribution in [3.8, 4) is 0 Å². The van der Waals surface area contributed by atoms with Gasteiger partial charge in [0, 0.05) is 10.8 Å². The Balaban J connectivity index is 2.13. The summed E-state index contributed by atoms with van der Waals surface area (Å²) in [6, 6.07) is 4.40. The van der Waals surface area contributed by atoms with Crippen LogP contribution in [0.2, 0.25) is 0 Å². The van der Waals surface area contributed by atoms with Crippen LogP contribution in [0.5, 0.6) is 0 Å². The van der Waals surface area contributed by atoms with Gasteiger partial charge in [0.2, 0.25) is 0 Å². The van der Waals surface area contributed by atoms with Gasteiger partial charge in [-0.2, -0.15) is 0 Å². The number of allylic oxidation sites excluding steroid dienone is 2. The van der Waals surface area contributed by atoms with Crippen LogP contribution >= 0.6 is 11.3 Å². The third-order valence-electron chi connectivity index (χ3n) is 2.32. The lowest BCUT2D eigenvalue weighted by Gasteiger charge is -2.05. The fourth-order valence-corrected chi connectivity index (χ4v) is 2.31. The molecule has 1 aliphatic rings. The van der Waals surface area contributed by atoms with E-state index in [4.69, 9.17) is 0 Å². The van der Waals surface area contributed by atoms with Crippen molar-refractivity contribution >= 4 is 11.3 Å². The minimum Gasteiger partial charge on any atom is -0.148 e. The maximum atomic E-state index is 2.46. The van der Waals surface area contributed by atoms with Crippen LogP contribution in [0.15, 0.2) is 29.2 Å². The number of hydrogen-bond acceptors (Lipinski definition) is 1. The molecule has 1 unspecified atom stereocenters. The Morgan fingerprint density at radius 3 is 2.92 bits per heavy atom. The van der Waals surface area contributed by atoms with Crippen molar-refractivity contribution in [1.29, 1.82) is 0 Å². The fourth-order valence-electron chi connectivity index (χ4n) is 1.43. The van der Waals surface area contributed by atoms with E-state index in [2.05, 4.69) is 30.5 Å². The van der Waals surface area contributed by atoms with Gasteiger partial charge in [-0.15, -0.1) is 11.3 Å². The SMILES string of the molecule is CCC(C=C1CC1)c1cccs1. The lowest BCUT2D eigenvalue weighted by molar-refractivity contribution is 0.819. The summed E-state index contributed by atoms with van der Waals surface area (Å²) in [6.07, 6.45) is 6.40. The summed E-state index contributed by atoms with van der Waals surface area (Å²) < 4.78 is 0. The van der Waals surface area contributed by atoms with E-state index in [9.17, 15) is 0 Å². The maximum absolute atomic E-state index is 2.46. The minimum atomic E-state index is 0.697. The molecule has 0 aliphatic heterocycles. The summed E-state index contributed by atoms with van der Waals surface area (Å²) >= 11 is 1.88. The van der Waals surface area contributed by atoms with Crippen LogP contribution in [0.25, 0.3) is 0 Å². The second-order valence-corrected chi connectivity index (χ2v) is 4.33. The van der Waals surface area contributed by atoms with Crippen molar-refractivity contribution < 1.29 is 0 Å². The summed E-state index contributed by atoms with van der Waals surface area (Å²) in [4.78, 5) is 1.52. The highest BCUT2D eigenvalue weighted by molar-refractivity contribution is 7.10. The average molecular weight is 178 g/mol. The Morgan fingerprint density at radius 2 is 2.42 bits per heavy atom. The molecule has 1 aliphatic carbocycles. The molecule has 1 saturated carbocycles. The van der Waals surface area contributed by atoms with Gasteiger partial charge in [-0.1, -0.05) is 24.6 Å². The molecule has 1 heterocycles. The van der Waals surface area contributed by atoms with Crippen LogP contribution in [0.1, 0.15) is 37.0 Å². The third-order valence-corrected chi connectivity index (χ3v) is 3.33. The zero-order valence-corrected chi connectivity index (χ0v) is 8.23. The molecule has 2 rings (SSSR count). The lowest BCUT2D eigenvalue weighted by Crippen LogP contribution is -1.88. The van der Waals surface area contributed by atoms with Crippen molar-refractivity contribution in [2.75, 3.05) is 0 Å². The standard InChI is InChI=1S/C11H14S/c1-2-10(8-9-5-6-9)11-4-3-7-12-11/h3-4,7-8,10H,2,5-6H2,1H3. The molecule has 0 N–H and O–H groups in total. The van der Waals surface area contributed by atoms with Crippen LogP contribution in [0, 0.1) is 0 Å². The molecular weight excluding hydrogens is 164 g/mol. The summed E-state index contributed by atoms with van der Waals surface area (Å²) in [7, 11) is 0. The molecule has 1 heteroatoms. The molecule has 64 valence electrons. The van der Waals surface area contributed by atoms with Crippen molar-refractivity contribution in [2.45, 2.75) is 32.1 Å². The largest absolute Gasteiger partial charge is 0.148 e.